The molecule has 0 amide bonds. The van der Waals surface area contributed by atoms with Gasteiger partial charge >= 0.3 is 0 Å². The summed E-state index contributed by atoms with van der Waals surface area (Å²) in [5.74, 6) is 0. The van der Waals surface area contributed by atoms with Crippen molar-refractivity contribution in [1.82, 2.24) is 0 Å². The van der Waals surface area contributed by atoms with Crippen molar-refractivity contribution >= 4 is 33.0 Å². The number of anilines is 2. The molecule has 0 bridgehead atoms. The lowest BCUT2D eigenvalue weighted by molar-refractivity contribution is -0.384. The molecular weight excluding hydrogens is 296 g/mol. The van der Waals surface area contributed by atoms with Crippen molar-refractivity contribution in [2.75, 3.05) is 5.32 Å². The Morgan fingerprint density at radius 1 is 1.17 bits per heavy atom. The van der Waals surface area contributed by atoms with Crippen LogP contribution in [0.5, 0.6) is 0 Å². The minimum absolute atomic E-state index is 0.0866. The summed E-state index contributed by atoms with van der Waals surface area (Å²) in [5, 5.41) is 13.7. The number of rotatable bonds is 3. The average Bonchev–Trinajstić information content (AvgIpc) is 2.33. The molecule has 0 aromatic heterocycles. The molecule has 0 atom stereocenters. The zero-order valence-electron chi connectivity index (χ0n) is 9.68. The summed E-state index contributed by atoms with van der Waals surface area (Å²) in [5.41, 5.74) is 2.99. The number of nitro groups is 1. The summed E-state index contributed by atoms with van der Waals surface area (Å²) >= 11 is 3.47. The topological polar surface area (TPSA) is 55.2 Å². The first-order chi connectivity index (χ1) is 8.56. The van der Waals surface area contributed by atoms with Gasteiger partial charge in [-0.15, -0.1) is 0 Å². The molecule has 2 aromatic rings. The first kappa shape index (κ1) is 12.6. The highest BCUT2D eigenvalue weighted by Crippen LogP contribution is 2.27. The van der Waals surface area contributed by atoms with E-state index in [0.717, 1.165) is 21.4 Å². The largest absolute Gasteiger partial charge is 0.355 e. The van der Waals surface area contributed by atoms with E-state index in [1.165, 1.54) is 12.1 Å². The normalized spacial score (nSPS) is 10.1. The Labute approximate surface area is 113 Å². The van der Waals surface area contributed by atoms with E-state index in [-0.39, 0.29) is 5.69 Å². The molecule has 0 fully saturated rings. The number of benzene rings is 2. The van der Waals surface area contributed by atoms with E-state index < -0.39 is 4.92 Å². The Bertz CT molecular complexity index is 582. The summed E-state index contributed by atoms with van der Waals surface area (Å²) in [4.78, 5) is 10.1. The highest BCUT2D eigenvalue weighted by molar-refractivity contribution is 9.10. The number of halogens is 1. The Balaban J connectivity index is 2.21. The Hall–Kier alpha value is -1.88. The molecule has 0 saturated carbocycles. The maximum Gasteiger partial charge on any atom is 0.269 e. The average molecular weight is 307 g/mol. The predicted molar refractivity (Wildman–Crippen MR) is 75.3 cm³/mol. The summed E-state index contributed by atoms with van der Waals surface area (Å²) in [6.07, 6.45) is 0. The second kappa shape index (κ2) is 5.18. The van der Waals surface area contributed by atoms with E-state index >= 15 is 0 Å². The van der Waals surface area contributed by atoms with Crippen LogP contribution in [-0.4, -0.2) is 4.92 Å². The quantitative estimate of drug-likeness (QED) is 0.675. The van der Waals surface area contributed by atoms with Gasteiger partial charge in [0.1, 0.15) is 0 Å². The third-order valence-electron chi connectivity index (χ3n) is 2.48. The maximum atomic E-state index is 10.5. The van der Waals surface area contributed by atoms with Crippen LogP contribution < -0.4 is 5.32 Å². The smallest absolute Gasteiger partial charge is 0.269 e. The standard InChI is InChI=1S/C13H11BrN2O2/c1-9-2-7-13(12(14)8-9)15-10-3-5-11(6-4-10)16(17)18/h2-8,15H,1H3. The van der Waals surface area contributed by atoms with Crippen LogP contribution in [-0.2, 0) is 0 Å². The first-order valence-electron chi connectivity index (χ1n) is 5.34. The van der Waals surface area contributed by atoms with Crippen LogP contribution in [0.4, 0.5) is 17.1 Å². The van der Waals surface area contributed by atoms with E-state index in [1.54, 1.807) is 12.1 Å². The van der Waals surface area contributed by atoms with Crippen molar-refractivity contribution in [1.29, 1.82) is 0 Å². The van der Waals surface area contributed by atoms with Crippen molar-refractivity contribution in [2.24, 2.45) is 0 Å². The van der Waals surface area contributed by atoms with Crippen molar-refractivity contribution in [3.63, 3.8) is 0 Å². The highest BCUT2D eigenvalue weighted by Gasteiger charge is 2.05. The van der Waals surface area contributed by atoms with Gasteiger partial charge in [0, 0.05) is 22.3 Å². The van der Waals surface area contributed by atoms with Crippen molar-refractivity contribution in [3.05, 3.63) is 62.6 Å². The predicted octanol–water partition coefficient (Wildman–Crippen LogP) is 4.41. The van der Waals surface area contributed by atoms with Crippen LogP contribution in [0, 0.1) is 17.0 Å². The number of hydrogen-bond acceptors (Lipinski definition) is 3. The fourth-order valence-corrected chi connectivity index (χ4v) is 2.14. The molecule has 18 heavy (non-hydrogen) atoms. The first-order valence-corrected chi connectivity index (χ1v) is 6.13. The molecule has 0 saturated heterocycles. The van der Waals surface area contributed by atoms with Gasteiger partial charge < -0.3 is 5.32 Å². The van der Waals surface area contributed by atoms with E-state index in [9.17, 15) is 10.1 Å². The van der Waals surface area contributed by atoms with Gasteiger partial charge in [0.15, 0.2) is 0 Å². The lowest BCUT2D eigenvalue weighted by Crippen LogP contribution is -1.93. The molecule has 0 aliphatic rings. The van der Waals surface area contributed by atoms with Crippen LogP contribution in [0.25, 0.3) is 0 Å². The fourth-order valence-electron chi connectivity index (χ4n) is 1.54. The maximum absolute atomic E-state index is 10.5. The van der Waals surface area contributed by atoms with Crippen LogP contribution in [0.2, 0.25) is 0 Å². The molecule has 0 spiro atoms. The summed E-state index contributed by atoms with van der Waals surface area (Å²) in [6.45, 7) is 2.01. The SMILES string of the molecule is Cc1ccc(Nc2ccc([N+](=O)[O-])cc2)c(Br)c1. The lowest BCUT2D eigenvalue weighted by Gasteiger charge is -2.08. The van der Waals surface area contributed by atoms with Crippen molar-refractivity contribution < 1.29 is 4.92 Å². The lowest BCUT2D eigenvalue weighted by atomic mass is 10.2. The molecule has 4 nitrogen and oxygen atoms in total. The van der Waals surface area contributed by atoms with Gasteiger partial charge in [-0.2, -0.15) is 0 Å². The zero-order valence-corrected chi connectivity index (χ0v) is 11.3. The fraction of sp³-hybridized carbons (Fsp3) is 0.0769. The van der Waals surface area contributed by atoms with Gasteiger partial charge in [0.25, 0.3) is 5.69 Å². The van der Waals surface area contributed by atoms with E-state index in [4.69, 9.17) is 0 Å². The molecule has 2 aromatic carbocycles. The number of hydrogen-bond donors (Lipinski definition) is 1. The molecule has 0 aliphatic heterocycles. The van der Waals surface area contributed by atoms with Crippen molar-refractivity contribution in [2.45, 2.75) is 6.92 Å². The number of nitrogens with one attached hydrogen (secondary N) is 1. The summed E-state index contributed by atoms with van der Waals surface area (Å²) < 4.78 is 0.959. The third kappa shape index (κ3) is 2.87. The number of aryl methyl sites for hydroxylation is 1. The van der Waals surface area contributed by atoms with Crippen LogP contribution in [0.3, 0.4) is 0 Å². The van der Waals surface area contributed by atoms with Crippen LogP contribution in [0.1, 0.15) is 5.56 Å². The van der Waals surface area contributed by atoms with Crippen LogP contribution >= 0.6 is 15.9 Å². The summed E-state index contributed by atoms with van der Waals surface area (Å²) in [7, 11) is 0. The Kier molecular flexibility index (Phi) is 3.62. The number of nitrogens with zero attached hydrogens (tertiary/aromatic N) is 1. The van der Waals surface area contributed by atoms with Crippen molar-refractivity contribution in [3.8, 4) is 0 Å². The molecule has 0 unspecified atom stereocenters. The van der Waals surface area contributed by atoms with Gasteiger partial charge in [-0.05, 0) is 52.7 Å². The highest BCUT2D eigenvalue weighted by atomic mass is 79.9. The second-order valence-corrected chi connectivity index (χ2v) is 4.77. The Morgan fingerprint density at radius 3 is 2.39 bits per heavy atom. The molecule has 92 valence electrons. The van der Waals surface area contributed by atoms with E-state index in [1.807, 2.05) is 25.1 Å². The third-order valence-corrected chi connectivity index (χ3v) is 3.14. The molecule has 1 N–H and O–H groups in total. The molecule has 5 heteroatoms. The molecular formula is C13H11BrN2O2. The van der Waals surface area contributed by atoms with Gasteiger partial charge in [0.2, 0.25) is 0 Å². The monoisotopic (exact) mass is 306 g/mol. The zero-order chi connectivity index (χ0) is 13.1. The van der Waals surface area contributed by atoms with E-state index in [2.05, 4.69) is 21.2 Å². The number of non-ortho nitro benzene ring substituents is 1. The molecule has 0 aliphatic carbocycles. The van der Waals surface area contributed by atoms with Gasteiger partial charge in [-0.3, -0.25) is 10.1 Å². The minimum Gasteiger partial charge on any atom is -0.355 e. The van der Waals surface area contributed by atoms with Crippen LogP contribution in [0.15, 0.2) is 46.9 Å². The number of nitro benzene ring substituents is 1. The molecule has 2 rings (SSSR count). The molecule has 0 heterocycles. The van der Waals surface area contributed by atoms with Gasteiger partial charge in [-0.1, -0.05) is 6.07 Å². The van der Waals surface area contributed by atoms with E-state index in [0.29, 0.717) is 0 Å². The summed E-state index contributed by atoms with van der Waals surface area (Å²) in [6, 6.07) is 12.3. The molecule has 0 radical (unpaired) electrons. The minimum atomic E-state index is -0.411. The van der Waals surface area contributed by atoms with Gasteiger partial charge in [-0.25, -0.2) is 0 Å². The second-order valence-electron chi connectivity index (χ2n) is 3.91. The Morgan fingerprint density at radius 2 is 1.83 bits per heavy atom. The van der Waals surface area contributed by atoms with Gasteiger partial charge in [0.05, 0.1) is 10.6 Å².